The van der Waals surface area contributed by atoms with Gasteiger partial charge in [-0.2, -0.15) is 5.26 Å². The SMILES string of the molecule is CC(C)(C)OC(=O)N[C@@H]1CCCN(c2cnc(C#N)c(Nc3ccc(C(=O)N4CCOCC4)cc3)c2)C1. The summed E-state index contributed by atoms with van der Waals surface area (Å²) >= 11 is 0. The van der Waals surface area contributed by atoms with Crippen molar-refractivity contribution in [3.8, 4) is 6.07 Å². The van der Waals surface area contributed by atoms with Crippen LogP contribution in [-0.2, 0) is 9.47 Å². The Morgan fingerprint density at radius 3 is 2.57 bits per heavy atom. The maximum Gasteiger partial charge on any atom is 0.407 e. The lowest BCUT2D eigenvalue weighted by atomic mass is 10.1. The molecule has 1 aromatic heterocycles. The summed E-state index contributed by atoms with van der Waals surface area (Å²) in [6, 6.07) is 11.2. The fraction of sp³-hybridized carbons (Fsp3) is 0.481. The number of aromatic nitrogens is 1. The van der Waals surface area contributed by atoms with Crippen LogP contribution < -0.4 is 15.5 Å². The predicted octanol–water partition coefficient (Wildman–Crippen LogP) is 3.66. The molecular weight excluding hydrogens is 472 g/mol. The Morgan fingerprint density at radius 1 is 1.16 bits per heavy atom. The molecule has 2 N–H and O–H groups in total. The number of hydrogen-bond acceptors (Lipinski definition) is 8. The van der Waals surface area contributed by atoms with Gasteiger partial charge in [0.15, 0.2) is 5.69 Å². The first-order chi connectivity index (χ1) is 17.7. The molecule has 10 nitrogen and oxygen atoms in total. The van der Waals surface area contributed by atoms with E-state index in [0.717, 1.165) is 30.8 Å². The number of pyridine rings is 1. The molecule has 4 rings (SSSR count). The lowest BCUT2D eigenvalue weighted by molar-refractivity contribution is 0.0303. The summed E-state index contributed by atoms with van der Waals surface area (Å²) in [7, 11) is 0. The maximum absolute atomic E-state index is 12.7. The number of hydrogen-bond donors (Lipinski definition) is 2. The molecule has 2 fully saturated rings. The first-order valence-corrected chi connectivity index (χ1v) is 12.6. The second kappa shape index (κ2) is 11.5. The van der Waals surface area contributed by atoms with E-state index >= 15 is 0 Å². The highest BCUT2D eigenvalue weighted by Crippen LogP contribution is 2.27. The molecule has 0 spiro atoms. The molecule has 196 valence electrons. The zero-order chi connectivity index (χ0) is 26.4. The van der Waals surface area contributed by atoms with Crippen molar-refractivity contribution in [1.29, 1.82) is 5.26 Å². The van der Waals surface area contributed by atoms with E-state index in [2.05, 4.69) is 26.6 Å². The number of carbonyl (C=O) groups excluding carboxylic acids is 2. The number of alkyl carbamates (subject to hydrolysis) is 1. The first-order valence-electron chi connectivity index (χ1n) is 12.6. The Morgan fingerprint density at radius 2 is 1.89 bits per heavy atom. The minimum Gasteiger partial charge on any atom is -0.444 e. The van der Waals surface area contributed by atoms with Crippen LogP contribution in [0.3, 0.4) is 0 Å². The molecule has 0 bridgehead atoms. The number of anilines is 3. The van der Waals surface area contributed by atoms with Crippen molar-refractivity contribution in [3.05, 3.63) is 47.8 Å². The van der Waals surface area contributed by atoms with Crippen molar-refractivity contribution >= 4 is 29.1 Å². The highest BCUT2D eigenvalue weighted by molar-refractivity contribution is 5.94. The van der Waals surface area contributed by atoms with Crippen molar-refractivity contribution in [1.82, 2.24) is 15.2 Å². The molecule has 2 aliphatic rings. The fourth-order valence-electron chi connectivity index (χ4n) is 4.42. The molecule has 2 aliphatic heterocycles. The topological polar surface area (TPSA) is 120 Å². The minimum atomic E-state index is -0.552. The van der Waals surface area contributed by atoms with Crippen molar-refractivity contribution < 1.29 is 19.1 Å². The number of ether oxygens (including phenoxy) is 2. The van der Waals surface area contributed by atoms with Gasteiger partial charge in [-0.3, -0.25) is 4.79 Å². The van der Waals surface area contributed by atoms with Crippen LogP contribution in [0.15, 0.2) is 36.5 Å². The Kier molecular flexibility index (Phi) is 8.14. The van der Waals surface area contributed by atoms with Crippen molar-refractivity contribution in [2.75, 3.05) is 49.6 Å². The number of morpholine rings is 1. The minimum absolute atomic E-state index is 0.0177. The molecule has 0 radical (unpaired) electrons. The summed E-state index contributed by atoms with van der Waals surface area (Å²) in [6.45, 7) is 9.25. The first kappa shape index (κ1) is 26.2. The van der Waals surface area contributed by atoms with Crippen LogP contribution in [0.4, 0.5) is 21.9 Å². The van der Waals surface area contributed by atoms with Gasteiger partial charge < -0.3 is 29.9 Å². The van der Waals surface area contributed by atoms with Crippen molar-refractivity contribution in [2.45, 2.75) is 45.3 Å². The number of nitrogens with zero attached hydrogens (tertiary/aromatic N) is 4. The van der Waals surface area contributed by atoms with Crippen LogP contribution in [0, 0.1) is 11.3 Å². The van der Waals surface area contributed by atoms with Crippen LogP contribution in [0.1, 0.15) is 49.7 Å². The second-order valence-corrected chi connectivity index (χ2v) is 10.2. The summed E-state index contributed by atoms with van der Waals surface area (Å²) in [5.74, 6) is -0.0177. The molecule has 2 aromatic rings. The Hall–Kier alpha value is -3.84. The molecular formula is C27H34N6O4. The van der Waals surface area contributed by atoms with E-state index in [1.807, 2.05) is 39.0 Å². The third-order valence-corrected chi connectivity index (χ3v) is 6.20. The Labute approximate surface area is 217 Å². The van der Waals surface area contributed by atoms with E-state index in [-0.39, 0.29) is 17.6 Å². The Balaban J connectivity index is 1.43. The van der Waals surface area contributed by atoms with Gasteiger partial charge in [-0.15, -0.1) is 0 Å². The van der Waals surface area contributed by atoms with Gasteiger partial charge in [0.05, 0.1) is 30.8 Å². The van der Waals surface area contributed by atoms with Gasteiger partial charge in [0, 0.05) is 43.5 Å². The molecule has 10 heteroatoms. The van der Waals surface area contributed by atoms with E-state index in [4.69, 9.17) is 9.47 Å². The average molecular weight is 507 g/mol. The standard InChI is InChI=1S/C27H34N6O4/c1-27(2,3)37-26(35)31-21-5-4-10-33(18-21)22-15-23(24(16-28)29-17-22)30-20-8-6-19(7-9-20)25(34)32-11-13-36-14-12-32/h6-9,15,17,21,30H,4-5,10-14,18H2,1-3H3,(H,31,35)/t21-/m1/s1. The molecule has 0 unspecified atom stereocenters. The van der Waals surface area contributed by atoms with Crippen LogP contribution >= 0.6 is 0 Å². The highest BCUT2D eigenvalue weighted by atomic mass is 16.6. The van der Waals surface area contributed by atoms with Crippen molar-refractivity contribution in [2.24, 2.45) is 0 Å². The number of carbonyl (C=O) groups is 2. The predicted molar refractivity (Wildman–Crippen MR) is 140 cm³/mol. The van der Waals surface area contributed by atoms with Gasteiger partial charge in [0.25, 0.3) is 5.91 Å². The number of benzene rings is 1. The number of piperidine rings is 1. The highest BCUT2D eigenvalue weighted by Gasteiger charge is 2.25. The van der Waals surface area contributed by atoms with Gasteiger partial charge in [-0.25, -0.2) is 9.78 Å². The summed E-state index contributed by atoms with van der Waals surface area (Å²) in [4.78, 5) is 33.2. The zero-order valence-electron chi connectivity index (χ0n) is 21.6. The number of nitrogens with one attached hydrogen (secondary N) is 2. The van der Waals surface area contributed by atoms with E-state index < -0.39 is 11.7 Å². The lowest BCUT2D eigenvalue weighted by Gasteiger charge is -2.35. The Bertz CT molecular complexity index is 1150. The van der Waals surface area contributed by atoms with Gasteiger partial charge in [0.2, 0.25) is 0 Å². The van der Waals surface area contributed by atoms with Gasteiger partial charge in [0.1, 0.15) is 11.7 Å². The monoisotopic (exact) mass is 506 g/mol. The maximum atomic E-state index is 12.7. The molecule has 0 saturated carbocycles. The zero-order valence-corrected chi connectivity index (χ0v) is 21.6. The summed E-state index contributed by atoms with van der Waals surface area (Å²) in [5, 5.41) is 15.8. The molecule has 1 atom stereocenters. The molecule has 37 heavy (non-hydrogen) atoms. The van der Waals surface area contributed by atoms with Crippen LogP contribution in [0.25, 0.3) is 0 Å². The fourth-order valence-corrected chi connectivity index (χ4v) is 4.42. The molecule has 3 heterocycles. The van der Waals surface area contributed by atoms with Crippen molar-refractivity contribution in [3.63, 3.8) is 0 Å². The third-order valence-electron chi connectivity index (χ3n) is 6.20. The molecule has 1 aromatic carbocycles. The van der Waals surface area contributed by atoms with Gasteiger partial charge >= 0.3 is 6.09 Å². The van der Waals surface area contributed by atoms with Crippen LogP contribution in [0.5, 0.6) is 0 Å². The largest absolute Gasteiger partial charge is 0.444 e. The lowest BCUT2D eigenvalue weighted by Crippen LogP contribution is -2.49. The molecule has 2 amide bonds. The normalized spacial score (nSPS) is 18.1. The molecule has 2 saturated heterocycles. The summed E-state index contributed by atoms with van der Waals surface area (Å²) in [5.41, 5.74) is 2.52. The number of rotatable bonds is 5. The van der Waals surface area contributed by atoms with Crippen LogP contribution in [-0.4, -0.2) is 72.9 Å². The number of amides is 2. The second-order valence-electron chi connectivity index (χ2n) is 10.2. The van der Waals surface area contributed by atoms with E-state index in [1.165, 1.54) is 0 Å². The third kappa shape index (κ3) is 7.11. The van der Waals surface area contributed by atoms with Crippen LogP contribution in [0.2, 0.25) is 0 Å². The smallest absolute Gasteiger partial charge is 0.407 e. The summed E-state index contributed by atoms with van der Waals surface area (Å²) < 4.78 is 10.7. The van der Waals surface area contributed by atoms with E-state index in [0.29, 0.717) is 44.1 Å². The molecule has 0 aliphatic carbocycles. The van der Waals surface area contributed by atoms with Gasteiger partial charge in [-0.05, 0) is 63.9 Å². The van der Waals surface area contributed by atoms with E-state index in [9.17, 15) is 14.9 Å². The average Bonchev–Trinajstić information content (AvgIpc) is 2.88. The summed E-state index contributed by atoms with van der Waals surface area (Å²) in [6.07, 6.45) is 3.03. The van der Waals surface area contributed by atoms with E-state index in [1.54, 1.807) is 23.2 Å². The quantitative estimate of drug-likeness (QED) is 0.631. The number of nitriles is 1. The van der Waals surface area contributed by atoms with Gasteiger partial charge in [-0.1, -0.05) is 0 Å².